The van der Waals surface area contributed by atoms with Crippen LogP contribution in [0.3, 0.4) is 0 Å². The fourth-order valence-corrected chi connectivity index (χ4v) is 3.71. The molecule has 2 N–H and O–H groups in total. The molecule has 1 fully saturated rings. The molecule has 2 heterocycles. The number of nitrogens with zero attached hydrogens (tertiary/aromatic N) is 2. The van der Waals surface area contributed by atoms with Gasteiger partial charge in [0.1, 0.15) is 11.6 Å². The minimum atomic E-state index is -0.506. The van der Waals surface area contributed by atoms with E-state index in [9.17, 15) is 14.3 Å². The molecule has 0 spiro atoms. The van der Waals surface area contributed by atoms with Crippen molar-refractivity contribution >= 4 is 39.2 Å². The lowest BCUT2D eigenvalue weighted by Crippen LogP contribution is -2.29. The van der Waals surface area contributed by atoms with E-state index in [4.69, 9.17) is 0 Å². The van der Waals surface area contributed by atoms with Gasteiger partial charge in [0.25, 0.3) is 5.56 Å². The molecule has 0 aliphatic carbocycles. The number of fused-ring (bicyclic) bond motifs is 1. The van der Waals surface area contributed by atoms with Gasteiger partial charge in [-0.25, -0.2) is 9.37 Å². The van der Waals surface area contributed by atoms with Gasteiger partial charge in [0.05, 0.1) is 33.2 Å². The quantitative estimate of drug-likeness (QED) is 0.643. The van der Waals surface area contributed by atoms with Crippen molar-refractivity contribution in [1.82, 2.24) is 14.9 Å². The van der Waals surface area contributed by atoms with Crippen molar-refractivity contribution in [3.8, 4) is 5.69 Å². The van der Waals surface area contributed by atoms with Crippen LogP contribution < -0.4 is 10.9 Å². The van der Waals surface area contributed by atoms with Gasteiger partial charge in [-0.15, -0.1) is 12.4 Å². The first-order valence-corrected chi connectivity index (χ1v) is 8.73. The average Bonchev–Trinajstić information content (AvgIpc) is 3.05. The highest BCUT2D eigenvalue weighted by Gasteiger charge is 2.29. The van der Waals surface area contributed by atoms with Crippen molar-refractivity contribution in [2.45, 2.75) is 18.6 Å². The van der Waals surface area contributed by atoms with E-state index < -0.39 is 11.9 Å². The normalized spacial score (nSPS) is 19.5. The summed E-state index contributed by atoms with van der Waals surface area (Å²) in [5, 5.41) is 13.2. The molecule has 8 heteroatoms. The van der Waals surface area contributed by atoms with Crippen molar-refractivity contribution in [1.29, 1.82) is 0 Å². The first-order valence-electron chi connectivity index (χ1n) is 7.94. The number of halogens is 3. The van der Waals surface area contributed by atoms with Crippen LogP contribution in [0.4, 0.5) is 4.39 Å². The van der Waals surface area contributed by atoms with Gasteiger partial charge in [-0.1, -0.05) is 18.2 Å². The van der Waals surface area contributed by atoms with Crippen molar-refractivity contribution < 1.29 is 9.50 Å². The maximum Gasteiger partial charge on any atom is 0.267 e. The molecule has 0 saturated carbocycles. The highest BCUT2D eigenvalue weighted by atomic mass is 79.9. The van der Waals surface area contributed by atoms with Crippen LogP contribution in [-0.2, 0) is 0 Å². The summed E-state index contributed by atoms with van der Waals surface area (Å²) in [7, 11) is 0. The van der Waals surface area contributed by atoms with Crippen LogP contribution in [0.1, 0.15) is 18.3 Å². The van der Waals surface area contributed by atoms with Gasteiger partial charge in [0.15, 0.2) is 0 Å². The molecule has 0 bridgehead atoms. The Hall–Kier alpha value is -1.80. The number of aromatic nitrogens is 2. The minimum Gasteiger partial charge on any atom is -0.392 e. The van der Waals surface area contributed by atoms with Crippen LogP contribution in [-0.4, -0.2) is 27.3 Å². The highest BCUT2D eigenvalue weighted by Crippen LogP contribution is 2.28. The standard InChI is InChI=1S/C18H15BrFN3O2.ClH/c19-16-12(20)6-7-13-15(16)18(25)23(10-4-2-1-3-5-10)17(22-13)14-8-11(24)9-21-14;/h1-7,11,14,21,24H,8-9H2;1H/t11-,14-;/m0./s1. The number of nitrogens with one attached hydrogen (secondary N) is 1. The predicted octanol–water partition coefficient (Wildman–Crippen LogP) is 3.10. The van der Waals surface area contributed by atoms with Crippen LogP contribution >= 0.6 is 28.3 Å². The average molecular weight is 441 g/mol. The van der Waals surface area contributed by atoms with Crippen molar-refractivity contribution in [2.75, 3.05) is 6.54 Å². The molecular weight excluding hydrogens is 425 g/mol. The fraction of sp³-hybridized carbons (Fsp3) is 0.222. The monoisotopic (exact) mass is 439 g/mol. The molecule has 1 aromatic heterocycles. The smallest absolute Gasteiger partial charge is 0.267 e. The molecule has 26 heavy (non-hydrogen) atoms. The SMILES string of the molecule is Cl.O=c1c2c(Br)c(F)ccc2nc([C@@H]2C[C@H](O)CN2)n1-c1ccccc1. The minimum absolute atomic E-state index is 0. The highest BCUT2D eigenvalue weighted by molar-refractivity contribution is 9.10. The fourth-order valence-electron chi connectivity index (χ4n) is 3.20. The van der Waals surface area contributed by atoms with Gasteiger partial charge in [0, 0.05) is 6.54 Å². The Morgan fingerprint density at radius 2 is 1.96 bits per heavy atom. The number of para-hydroxylation sites is 1. The molecule has 1 aliphatic rings. The second-order valence-electron chi connectivity index (χ2n) is 6.05. The first-order chi connectivity index (χ1) is 12.1. The topological polar surface area (TPSA) is 67.2 Å². The Kier molecular flexibility index (Phi) is 5.43. The Balaban J connectivity index is 0.00000196. The molecule has 0 amide bonds. The molecule has 4 rings (SSSR count). The molecular formula is C18H16BrClFN3O2. The predicted molar refractivity (Wildman–Crippen MR) is 104 cm³/mol. The third-order valence-corrected chi connectivity index (χ3v) is 5.16. The molecule has 2 atom stereocenters. The van der Waals surface area contributed by atoms with E-state index in [0.29, 0.717) is 30.0 Å². The zero-order valence-electron chi connectivity index (χ0n) is 13.5. The molecule has 1 saturated heterocycles. The van der Waals surface area contributed by atoms with Crippen molar-refractivity contribution in [3.05, 3.63) is 68.9 Å². The molecule has 2 aromatic carbocycles. The molecule has 0 radical (unpaired) electrons. The summed E-state index contributed by atoms with van der Waals surface area (Å²) >= 11 is 3.17. The molecule has 3 aromatic rings. The number of benzene rings is 2. The van der Waals surface area contributed by atoms with Crippen LogP contribution in [0.2, 0.25) is 0 Å². The van der Waals surface area contributed by atoms with Crippen molar-refractivity contribution in [2.24, 2.45) is 0 Å². The number of aliphatic hydroxyl groups is 1. The lowest BCUT2D eigenvalue weighted by atomic mass is 10.1. The zero-order chi connectivity index (χ0) is 17.6. The lowest BCUT2D eigenvalue weighted by molar-refractivity contribution is 0.193. The first kappa shape index (κ1) is 19.0. The maximum atomic E-state index is 13.9. The van der Waals surface area contributed by atoms with E-state index >= 15 is 0 Å². The van der Waals surface area contributed by atoms with Crippen molar-refractivity contribution in [3.63, 3.8) is 0 Å². The second kappa shape index (κ2) is 7.44. The Morgan fingerprint density at radius 1 is 1.23 bits per heavy atom. The molecule has 1 aliphatic heterocycles. The number of aliphatic hydroxyl groups excluding tert-OH is 1. The summed E-state index contributed by atoms with van der Waals surface area (Å²) in [5.41, 5.74) is 0.723. The van der Waals surface area contributed by atoms with Gasteiger partial charge in [-0.05, 0) is 46.6 Å². The largest absolute Gasteiger partial charge is 0.392 e. The maximum absolute atomic E-state index is 13.9. The zero-order valence-corrected chi connectivity index (χ0v) is 15.9. The number of hydrogen-bond acceptors (Lipinski definition) is 4. The van der Waals surface area contributed by atoms with Gasteiger partial charge in [0.2, 0.25) is 0 Å². The molecule has 5 nitrogen and oxygen atoms in total. The van der Waals surface area contributed by atoms with E-state index in [1.807, 2.05) is 18.2 Å². The lowest BCUT2D eigenvalue weighted by Gasteiger charge is -2.18. The van der Waals surface area contributed by atoms with Gasteiger partial charge >= 0.3 is 0 Å². The Labute approximate surface area is 163 Å². The summed E-state index contributed by atoms with van der Waals surface area (Å²) in [5.74, 6) is 0.00642. The third-order valence-electron chi connectivity index (χ3n) is 4.39. The van der Waals surface area contributed by atoms with Gasteiger partial charge in [-0.3, -0.25) is 9.36 Å². The van der Waals surface area contributed by atoms with Crippen LogP contribution in [0.25, 0.3) is 16.6 Å². The summed E-state index contributed by atoms with van der Waals surface area (Å²) in [4.78, 5) is 17.8. The Bertz CT molecular complexity index is 1010. The van der Waals surface area contributed by atoms with E-state index in [1.165, 1.54) is 16.7 Å². The summed E-state index contributed by atoms with van der Waals surface area (Å²) in [6.07, 6.45) is -0.0190. The van der Waals surface area contributed by atoms with E-state index in [0.717, 1.165) is 0 Å². The van der Waals surface area contributed by atoms with E-state index in [1.54, 1.807) is 12.1 Å². The van der Waals surface area contributed by atoms with Gasteiger partial charge < -0.3 is 10.4 Å². The number of rotatable bonds is 2. The second-order valence-corrected chi connectivity index (χ2v) is 6.84. The van der Waals surface area contributed by atoms with Crippen LogP contribution in [0, 0.1) is 5.82 Å². The Morgan fingerprint density at radius 3 is 2.62 bits per heavy atom. The number of hydrogen-bond donors (Lipinski definition) is 2. The van der Waals surface area contributed by atoms with E-state index in [2.05, 4.69) is 26.2 Å². The summed E-state index contributed by atoms with van der Waals surface area (Å²) < 4.78 is 15.5. The van der Waals surface area contributed by atoms with Gasteiger partial charge in [-0.2, -0.15) is 0 Å². The molecule has 136 valence electrons. The number of β-amino-alcohol motifs (C(OH)–C–C–N with tert-alkyl or cyclic N) is 1. The third kappa shape index (κ3) is 3.16. The van der Waals surface area contributed by atoms with Crippen LogP contribution in [0.5, 0.6) is 0 Å². The molecule has 0 unspecified atom stereocenters. The van der Waals surface area contributed by atoms with Crippen LogP contribution in [0.15, 0.2) is 51.7 Å². The summed E-state index contributed by atoms with van der Waals surface area (Å²) in [6.45, 7) is 0.445. The van der Waals surface area contributed by atoms with E-state index in [-0.39, 0.29) is 33.9 Å². The summed E-state index contributed by atoms with van der Waals surface area (Å²) in [6, 6.07) is 11.6.